The quantitative estimate of drug-likeness (QED) is 0.440. The smallest absolute Gasteiger partial charge is 0.263 e. The molecule has 0 spiro atoms. The second-order valence-electron chi connectivity index (χ2n) is 7.73. The summed E-state index contributed by atoms with van der Waals surface area (Å²) in [5, 5.41) is 0. The molecule has 3 aromatic rings. The Morgan fingerprint density at radius 1 is 0.600 bits per heavy atom. The first-order valence-electron chi connectivity index (χ1n) is 10.8. The summed E-state index contributed by atoms with van der Waals surface area (Å²) in [4.78, 5) is 13.6. The molecule has 35 heavy (non-hydrogen) atoms. The minimum absolute atomic E-state index is 0.103. The summed E-state index contributed by atoms with van der Waals surface area (Å²) in [5.74, 6) is 2.92. The molecule has 0 atom stereocenters. The van der Waals surface area contributed by atoms with Crippen LogP contribution in [0.2, 0.25) is 0 Å². The van der Waals surface area contributed by atoms with Crippen LogP contribution >= 0.6 is 0 Å². The van der Waals surface area contributed by atoms with E-state index in [1.165, 1.54) is 0 Å². The number of methoxy groups -OCH3 is 4. The van der Waals surface area contributed by atoms with Crippen molar-refractivity contribution in [2.45, 2.75) is 6.92 Å². The molecule has 1 aliphatic heterocycles. The van der Waals surface area contributed by atoms with Gasteiger partial charge in [0.15, 0.2) is 46.0 Å². The van der Waals surface area contributed by atoms with Crippen molar-refractivity contribution < 1.29 is 33.2 Å². The second kappa shape index (κ2) is 10.3. The van der Waals surface area contributed by atoms with Crippen molar-refractivity contribution in [3.63, 3.8) is 0 Å². The number of hydrogen-bond acceptors (Lipinski definition) is 7. The van der Waals surface area contributed by atoms with Crippen molar-refractivity contribution >= 4 is 17.9 Å². The Balaban J connectivity index is 1.81. The zero-order chi connectivity index (χ0) is 24.9. The monoisotopic (exact) mass is 474 g/mol. The first-order chi connectivity index (χ1) is 16.9. The number of ether oxygens (including phenoxy) is 6. The number of Topliss-reactive ketones (excluding diaryl/α,β-unsaturated/α-hetero) is 1. The van der Waals surface area contributed by atoms with Crippen LogP contribution in [0, 0.1) is 6.92 Å². The summed E-state index contributed by atoms with van der Waals surface area (Å²) in [7, 11) is 6.24. The van der Waals surface area contributed by atoms with E-state index in [1.54, 1.807) is 70.9 Å². The molecule has 0 radical (unpaired) electrons. The molecule has 7 nitrogen and oxygen atoms in total. The van der Waals surface area contributed by atoms with Gasteiger partial charge in [-0.25, -0.2) is 0 Å². The summed E-state index contributed by atoms with van der Waals surface area (Å²) in [6.45, 7) is 1.94. The van der Waals surface area contributed by atoms with Gasteiger partial charge in [0.1, 0.15) is 0 Å². The molecule has 1 aliphatic rings. The number of aryl methyl sites for hydroxylation is 1. The highest BCUT2D eigenvalue weighted by atomic mass is 16.5. The first-order valence-corrected chi connectivity index (χ1v) is 10.8. The largest absolute Gasteiger partial charge is 0.493 e. The van der Waals surface area contributed by atoms with Gasteiger partial charge in [0, 0.05) is 0 Å². The average molecular weight is 475 g/mol. The Hall–Kier alpha value is -4.39. The summed E-state index contributed by atoms with van der Waals surface area (Å²) in [5.41, 5.74) is 2.37. The fraction of sp³-hybridized carbons (Fsp3) is 0.179. The Labute approximate surface area is 204 Å². The third-order valence-corrected chi connectivity index (χ3v) is 5.40. The van der Waals surface area contributed by atoms with Crippen molar-refractivity contribution in [3.05, 3.63) is 82.8 Å². The summed E-state index contributed by atoms with van der Waals surface area (Å²) in [6.07, 6.45) is 3.29. The third-order valence-electron chi connectivity index (χ3n) is 5.40. The highest BCUT2D eigenvalue weighted by Gasteiger charge is 2.27. The molecule has 0 bridgehead atoms. The van der Waals surface area contributed by atoms with Crippen LogP contribution in [0.3, 0.4) is 0 Å². The van der Waals surface area contributed by atoms with Crippen LogP contribution < -0.4 is 28.4 Å². The Bertz CT molecular complexity index is 1320. The van der Waals surface area contributed by atoms with Gasteiger partial charge in [0.2, 0.25) is 0 Å². The van der Waals surface area contributed by atoms with Gasteiger partial charge in [-0.3, -0.25) is 4.79 Å². The molecular weight excluding hydrogens is 448 g/mol. The van der Waals surface area contributed by atoms with Gasteiger partial charge in [0.05, 0.1) is 28.4 Å². The third kappa shape index (κ3) is 5.09. The maximum Gasteiger partial charge on any atom is 0.263 e. The van der Waals surface area contributed by atoms with Crippen LogP contribution in [0.5, 0.6) is 34.5 Å². The van der Waals surface area contributed by atoms with Crippen LogP contribution in [0.25, 0.3) is 12.2 Å². The number of hydrogen-bond donors (Lipinski definition) is 0. The van der Waals surface area contributed by atoms with Crippen molar-refractivity contribution in [3.8, 4) is 34.5 Å². The number of carbonyl (C=O) groups is 1. The van der Waals surface area contributed by atoms with Crippen molar-refractivity contribution in [1.82, 2.24) is 0 Å². The summed E-state index contributed by atoms with van der Waals surface area (Å²) >= 11 is 0. The van der Waals surface area contributed by atoms with Crippen LogP contribution in [-0.2, 0) is 4.79 Å². The molecule has 0 fully saturated rings. The second-order valence-corrected chi connectivity index (χ2v) is 7.73. The van der Waals surface area contributed by atoms with E-state index in [2.05, 4.69) is 0 Å². The molecule has 3 aromatic carbocycles. The Kier molecular flexibility index (Phi) is 6.96. The van der Waals surface area contributed by atoms with E-state index in [-0.39, 0.29) is 11.5 Å². The maximum absolute atomic E-state index is 13.6. The number of ketones is 1. The zero-order valence-corrected chi connectivity index (χ0v) is 20.2. The van der Waals surface area contributed by atoms with Gasteiger partial charge in [-0.2, -0.15) is 0 Å². The average Bonchev–Trinajstić information content (AvgIpc) is 3.00. The van der Waals surface area contributed by atoms with Crippen LogP contribution in [-0.4, -0.2) is 34.2 Å². The van der Waals surface area contributed by atoms with E-state index in [1.807, 2.05) is 31.2 Å². The maximum atomic E-state index is 13.6. The molecule has 4 rings (SSSR count). The standard InChI is InChI=1S/C28H26O7/c1-17-6-9-22-25(12-17)35-27(16-19-8-11-21(31-3)24(14-19)33-5)28(29)26(34-22)15-18-7-10-20(30-2)23(13-18)32-4/h6-16H,1-5H3/b26-15-,27-16-. The number of rotatable bonds is 6. The van der Waals surface area contributed by atoms with Crippen LogP contribution in [0.1, 0.15) is 16.7 Å². The van der Waals surface area contributed by atoms with Crippen LogP contribution in [0.15, 0.2) is 66.1 Å². The van der Waals surface area contributed by atoms with Crippen molar-refractivity contribution in [2.24, 2.45) is 0 Å². The Morgan fingerprint density at radius 3 is 1.57 bits per heavy atom. The van der Waals surface area contributed by atoms with Gasteiger partial charge in [-0.05, 0) is 72.2 Å². The van der Waals surface area contributed by atoms with Gasteiger partial charge in [0.25, 0.3) is 5.78 Å². The zero-order valence-electron chi connectivity index (χ0n) is 20.2. The van der Waals surface area contributed by atoms with E-state index < -0.39 is 5.78 Å². The predicted octanol–water partition coefficient (Wildman–Crippen LogP) is 5.45. The molecule has 180 valence electrons. The summed E-state index contributed by atoms with van der Waals surface area (Å²) in [6, 6.07) is 16.2. The molecule has 0 aliphatic carbocycles. The summed E-state index contributed by atoms with van der Waals surface area (Å²) < 4.78 is 33.5. The highest BCUT2D eigenvalue weighted by molar-refractivity contribution is 6.11. The normalized spacial score (nSPS) is 15.1. The van der Waals surface area contributed by atoms with Gasteiger partial charge < -0.3 is 28.4 Å². The van der Waals surface area contributed by atoms with Crippen molar-refractivity contribution in [1.29, 1.82) is 0 Å². The molecule has 0 saturated carbocycles. The lowest BCUT2D eigenvalue weighted by molar-refractivity contribution is -0.115. The predicted molar refractivity (Wildman–Crippen MR) is 132 cm³/mol. The fourth-order valence-corrected chi connectivity index (χ4v) is 3.61. The van der Waals surface area contributed by atoms with Crippen molar-refractivity contribution in [2.75, 3.05) is 28.4 Å². The minimum Gasteiger partial charge on any atom is -0.493 e. The number of carbonyl (C=O) groups excluding carboxylic acids is 1. The van der Waals surface area contributed by atoms with Crippen LogP contribution in [0.4, 0.5) is 0 Å². The molecule has 7 heteroatoms. The molecule has 0 amide bonds. The molecule has 0 aromatic heterocycles. The fourth-order valence-electron chi connectivity index (χ4n) is 3.61. The first kappa shape index (κ1) is 23.8. The molecule has 0 saturated heterocycles. The molecule has 0 unspecified atom stereocenters. The SMILES string of the molecule is COc1ccc(/C=C2\Oc3ccc(C)cc3O/C(=C\c3ccc(OC)c(OC)c3)C2=O)cc1OC. The number of fused-ring (bicyclic) bond motifs is 1. The molecular formula is C28H26O7. The minimum atomic E-state index is -0.413. The van der Waals surface area contributed by atoms with E-state index in [0.717, 1.165) is 5.56 Å². The van der Waals surface area contributed by atoms with E-state index in [4.69, 9.17) is 28.4 Å². The van der Waals surface area contributed by atoms with Gasteiger partial charge in [-0.15, -0.1) is 0 Å². The lowest BCUT2D eigenvalue weighted by Crippen LogP contribution is -2.12. The van der Waals surface area contributed by atoms with Gasteiger partial charge in [-0.1, -0.05) is 18.2 Å². The lowest BCUT2D eigenvalue weighted by atomic mass is 10.1. The molecule has 1 heterocycles. The lowest BCUT2D eigenvalue weighted by Gasteiger charge is -2.10. The van der Waals surface area contributed by atoms with Gasteiger partial charge >= 0.3 is 0 Å². The Morgan fingerprint density at radius 2 is 1.09 bits per heavy atom. The topological polar surface area (TPSA) is 72.5 Å². The molecule has 0 N–H and O–H groups in total. The van der Waals surface area contributed by atoms with E-state index in [0.29, 0.717) is 45.6 Å². The highest BCUT2D eigenvalue weighted by Crippen LogP contribution is 2.37. The van der Waals surface area contributed by atoms with E-state index >= 15 is 0 Å². The van der Waals surface area contributed by atoms with E-state index in [9.17, 15) is 4.79 Å². The number of benzene rings is 3.